The first kappa shape index (κ1) is 16.3. The third-order valence-corrected chi connectivity index (χ3v) is 2.92. The van der Waals surface area contributed by atoms with Gasteiger partial charge in [0, 0.05) is 24.7 Å². The fraction of sp³-hybridized carbons (Fsp3) is 0.533. The zero-order valence-corrected chi connectivity index (χ0v) is 12.7. The monoisotopic (exact) mass is 280 g/mol. The summed E-state index contributed by atoms with van der Waals surface area (Å²) in [4.78, 5) is 13.6. The van der Waals surface area contributed by atoms with Crippen molar-refractivity contribution in [3.63, 3.8) is 0 Å². The van der Waals surface area contributed by atoms with Crippen LogP contribution >= 0.6 is 0 Å². The highest BCUT2D eigenvalue weighted by molar-refractivity contribution is 5.77. The molecule has 0 radical (unpaired) electrons. The van der Waals surface area contributed by atoms with Gasteiger partial charge in [-0.3, -0.25) is 9.69 Å². The number of nitrogens with zero attached hydrogens (tertiary/aromatic N) is 1. The number of carbonyl (C=O) groups excluding carboxylic acids is 1. The van der Waals surface area contributed by atoms with Gasteiger partial charge in [-0.1, -0.05) is 13.0 Å². The lowest BCUT2D eigenvalue weighted by Gasteiger charge is -2.18. The molecule has 0 spiro atoms. The quantitative estimate of drug-likeness (QED) is 0.787. The molecule has 0 fully saturated rings. The summed E-state index contributed by atoms with van der Waals surface area (Å²) in [7, 11) is 5.17. The first-order chi connectivity index (χ1) is 9.60. The van der Waals surface area contributed by atoms with Crippen LogP contribution in [0.3, 0.4) is 0 Å². The average molecular weight is 280 g/mol. The summed E-state index contributed by atoms with van der Waals surface area (Å²) >= 11 is 0. The largest absolute Gasteiger partial charge is 0.497 e. The Morgan fingerprint density at radius 1 is 1.30 bits per heavy atom. The van der Waals surface area contributed by atoms with Crippen LogP contribution in [-0.4, -0.2) is 45.2 Å². The van der Waals surface area contributed by atoms with E-state index in [0.717, 1.165) is 30.0 Å². The fourth-order valence-corrected chi connectivity index (χ4v) is 1.89. The van der Waals surface area contributed by atoms with E-state index in [9.17, 15) is 4.79 Å². The van der Waals surface area contributed by atoms with E-state index in [4.69, 9.17) is 9.47 Å². The van der Waals surface area contributed by atoms with E-state index in [-0.39, 0.29) is 5.91 Å². The summed E-state index contributed by atoms with van der Waals surface area (Å²) in [6.45, 7) is 3.77. The van der Waals surface area contributed by atoms with Gasteiger partial charge in [-0.05, 0) is 19.5 Å². The highest BCUT2D eigenvalue weighted by Gasteiger charge is 2.10. The number of nitrogens with one attached hydrogen (secondary N) is 1. The van der Waals surface area contributed by atoms with Gasteiger partial charge >= 0.3 is 0 Å². The Bertz CT molecular complexity index is 435. The highest BCUT2D eigenvalue weighted by atomic mass is 16.5. The predicted octanol–water partition coefficient (Wildman–Crippen LogP) is 1.66. The van der Waals surface area contributed by atoms with Gasteiger partial charge in [0.25, 0.3) is 0 Å². The molecular weight excluding hydrogens is 256 g/mol. The summed E-state index contributed by atoms with van der Waals surface area (Å²) in [6.07, 6.45) is 0.946. The number of methoxy groups -OCH3 is 2. The number of hydrogen-bond acceptors (Lipinski definition) is 4. The van der Waals surface area contributed by atoms with Crippen LogP contribution in [0.1, 0.15) is 18.9 Å². The molecule has 0 heterocycles. The molecule has 0 aliphatic heterocycles. The van der Waals surface area contributed by atoms with Crippen molar-refractivity contribution in [2.45, 2.75) is 19.9 Å². The van der Waals surface area contributed by atoms with Gasteiger partial charge < -0.3 is 14.8 Å². The van der Waals surface area contributed by atoms with Crippen LogP contribution in [-0.2, 0) is 11.3 Å². The number of ether oxygens (including phenoxy) is 2. The van der Waals surface area contributed by atoms with E-state index in [1.807, 2.05) is 37.1 Å². The summed E-state index contributed by atoms with van der Waals surface area (Å²) in [5, 5.41) is 2.86. The topological polar surface area (TPSA) is 50.8 Å². The van der Waals surface area contributed by atoms with E-state index in [1.54, 1.807) is 14.2 Å². The number of likely N-dealkylation sites (N-methyl/N-ethyl adjacent to an activating group) is 1. The molecule has 0 bridgehead atoms. The molecule has 0 saturated carbocycles. The first-order valence-corrected chi connectivity index (χ1v) is 6.76. The number of benzene rings is 1. The van der Waals surface area contributed by atoms with Crippen molar-refractivity contribution in [1.29, 1.82) is 0 Å². The molecule has 112 valence electrons. The summed E-state index contributed by atoms with van der Waals surface area (Å²) in [6, 6.07) is 5.70. The van der Waals surface area contributed by atoms with Crippen LogP contribution in [0.2, 0.25) is 0 Å². The molecule has 0 atom stereocenters. The minimum Gasteiger partial charge on any atom is -0.497 e. The summed E-state index contributed by atoms with van der Waals surface area (Å²) < 4.78 is 10.5. The molecule has 0 aliphatic carbocycles. The number of amides is 1. The van der Waals surface area contributed by atoms with E-state index in [0.29, 0.717) is 13.1 Å². The van der Waals surface area contributed by atoms with E-state index in [1.165, 1.54) is 0 Å². The molecule has 20 heavy (non-hydrogen) atoms. The smallest absolute Gasteiger partial charge is 0.234 e. The first-order valence-electron chi connectivity index (χ1n) is 6.76. The minimum atomic E-state index is 0.0434. The van der Waals surface area contributed by atoms with Crippen molar-refractivity contribution >= 4 is 5.91 Å². The second kappa shape index (κ2) is 8.43. The maximum absolute atomic E-state index is 11.7. The lowest BCUT2D eigenvalue weighted by atomic mass is 10.2. The SMILES string of the molecule is CCCNC(=O)CN(C)Cc1ccc(OC)cc1OC. The van der Waals surface area contributed by atoms with Crippen molar-refractivity contribution in [3.8, 4) is 11.5 Å². The van der Waals surface area contributed by atoms with Gasteiger partial charge in [0.1, 0.15) is 11.5 Å². The zero-order chi connectivity index (χ0) is 15.0. The van der Waals surface area contributed by atoms with Crippen molar-refractivity contribution in [3.05, 3.63) is 23.8 Å². The molecule has 5 heteroatoms. The van der Waals surface area contributed by atoms with E-state index in [2.05, 4.69) is 5.32 Å². The molecule has 1 rings (SSSR count). The van der Waals surface area contributed by atoms with Crippen molar-refractivity contribution in [1.82, 2.24) is 10.2 Å². The normalized spacial score (nSPS) is 10.4. The van der Waals surface area contributed by atoms with Gasteiger partial charge in [-0.2, -0.15) is 0 Å². The van der Waals surface area contributed by atoms with Crippen molar-refractivity contribution in [2.75, 3.05) is 34.4 Å². The Balaban J connectivity index is 2.61. The van der Waals surface area contributed by atoms with E-state index >= 15 is 0 Å². The maximum Gasteiger partial charge on any atom is 0.234 e. The van der Waals surface area contributed by atoms with Crippen molar-refractivity contribution < 1.29 is 14.3 Å². The van der Waals surface area contributed by atoms with Crippen LogP contribution < -0.4 is 14.8 Å². The van der Waals surface area contributed by atoms with E-state index < -0.39 is 0 Å². The molecule has 5 nitrogen and oxygen atoms in total. The molecule has 1 aromatic rings. The molecule has 0 saturated heterocycles. The highest BCUT2D eigenvalue weighted by Crippen LogP contribution is 2.25. The van der Waals surface area contributed by atoms with Gasteiger partial charge in [-0.15, -0.1) is 0 Å². The number of hydrogen-bond donors (Lipinski definition) is 1. The number of carbonyl (C=O) groups is 1. The maximum atomic E-state index is 11.7. The van der Waals surface area contributed by atoms with Gasteiger partial charge in [0.2, 0.25) is 5.91 Å². The Labute approximate surface area is 120 Å². The van der Waals surface area contributed by atoms with Crippen LogP contribution in [0.25, 0.3) is 0 Å². The van der Waals surface area contributed by atoms with Crippen LogP contribution in [0.5, 0.6) is 11.5 Å². The third-order valence-electron chi connectivity index (χ3n) is 2.92. The molecule has 0 aliphatic rings. The summed E-state index contributed by atoms with van der Waals surface area (Å²) in [5.41, 5.74) is 1.03. The molecule has 0 aromatic heterocycles. The Hall–Kier alpha value is -1.75. The lowest BCUT2D eigenvalue weighted by Crippen LogP contribution is -2.35. The average Bonchev–Trinajstić information content (AvgIpc) is 2.45. The van der Waals surface area contributed by atoms with Crippen molar-refractivity contribution in [2.24, 2.45) is 0 Å². The summed E-state index contributed by atoms with van der Waals surface area (Å²) in [5.74, 6) is 1.57. The van der Waals surface area contributed by atoms with Crippen LogP contribution in [0, 0.1) is 0 Å². The van der Waals surface area contributed by atoms with Crippen LogP contribution in [0.4, 0.5) is 0 Å². The third kappa shape index (κ3) is 5.09. The predicted molar refractivity (Wildman–Crippen MR) is 79.2 cm³/mol. The molecular formula is C15H24N2O3. The van der Waals surface area contributed by atoms with Gasteiger partial charge in [0.15, 0.2) is 0 Å². The van der Waals surface area contributed by atoms with Crippen LogP contribution in [0.15, 0.2) is 18.2 Å². The second-order valence-electron chi connectivity index (χ2n) is 4.70. The molecule has 1 amide bonds. The Kier molecular flexibility index (Phi) is 6.87. The zero-order valence-electron chi connectivity index (χ0n) is 12.7. The molecule has 1 aromatic carbocycles. The Morgan fingerprint density at radius 3 is 2.65 bits per heavy atom. The molecule has 0 unspecified atom stereocenters. The van der Waals surface area contributed by atoms with Gasteiger partial charge in [0.05, 0.1) is 20.8 Å². The lowest BCUT2D eigenvalue weighted by molar-refractivity contribution is -0.122. The fourth-order valence-electron chi connectivity index (χ4n) is 1.89. The Morgan fingerprint density at radius 2 is 2.05 bits per heavy atom. The second-order valence-corrected chi connectivity index (χ2v) is 4.70. The standard InChI is InChI=1S/C15H24N2O3/c1-5-8-16-15(18)11-17(2)10-12-6-7-13(19-3)9-14(12)20-4/h6-7,9H,5,8,10-11H2,1-4H3,(H,16,18). The molecule has 1 N–H and O–H groups in total. The number of rotatable bonds is 8. The van der Waals surface area contributed by atoms with Gasteiger partial charge in [-0.25, -0.2) is 0 Å². The minimum absolute atomic E-state index is 0.0434.